The summed E-state index contributed by atoms with van der Waals surface area (Å²) in [5.74, 6) is -2.07. The zero-order valence-corrected chi connectivity index (χ0v) is 11.1. The van der Waals surface area contributed by atoms with Gasteiger partial charge in [-0.3, -0.25) is 4.79 Å². The lowest BCUT2D eigenvalue weighted by atomic mass is 10.0. The summed E-state index contributed by atoms with van der Waals surface area (Å²) in [5, 5.41) is 9.04. The topological polar surface area (TPSA) is 59.3 Å². The van der Waals surface area contributed by atoms with Gasteiger partial charge in [0.1, 0.15) is 11.4 Å². The van der Waals surface area contributed by atoms with Crippen molar-refractivity contribution < 1.29 is 14.3 Å². The first-order valence-electron chi connectivity index (χ1n) is 5.90. The van der Waals surface area contributed by atoms with E-state index >= 15 is 0 Å². The highest BCUT2D eigenvalue weighted by molar-refractivity contribution is 6.33. The largest absolute Gasteiger partial charge is 0.477 e. The molecule has 0 aliphatic carbocycles. The number of benzene rings is 1. The highest BCUT2D eigenvalue weighted by atomic mass is 35.5. The minimum atomic E-state index is -1.33. The van der Waals surface area contributed by atoms with Crippen molar-refractivity contribution in [3.05, 3.63) is 50.5 Å². The van der Waals surface area contributed by atoms with Crippen LogP contribution in [0.1, 0.15) is 28.9 Å². The van der Waals surface area contributed by atoms with Crippen LogP contribution in [0, 0.1) is 5.82 Å². The molecule has 6 heteroatoms. The normalized spacial score (nSPS) is 16.6. The standard InChI is InChI=1S/C14H9ClFNO3/c1-6-2-3-7-11(15)10(16)4-8-12(7)17(6)5-9(13(8)18)14(19)20/h2-6H,1H3,(H,19,20). The summed E-state index contributed by atoms with van der Waals surface area (Å²) in [4.78, 5) is 23.3. The first-order chi connectivity index (χ1) is 9.41. The molecule has 20 heavy (non-hydrogen) atoms. The summed E-state index contributed by atoms with van der Waals surface area (Å²) < 4.78 is 15.4. The first kappa shape index (κ1) is 12.9. The second kappa shape index (κ2) is 4.18. The molecule has 1 N–H and O–H groups in total. The predicted octanol–water partition coefficient (Wildman–Crippen LogP) is 3.08. The molecule has 1 aromatic heterocycles. The van der Waals surface area contributed by atoms with Crippen LogP contribution in [0.3, 0.4) is 0 Å². The van der Waals surface area contributed by atoms with Crippen molar-refractivity contribution in [2.24, 2.45) is 0 Å². The maximum atomic E-state index is 13.8. The van der Waals surface area contributed by atoms with E-state index in [0.29, 0.717) is 11.1 Å². The van der Waals surface area contributed by atoms with Crippen molar-refractivity contribution in [3.63, 3.8) is 0 Å². The maximum absolute atomic E-state index is 13.8. The van der Waals surface area contributed by atoms with Crippen molar-refractivity contribution in [3.8, 4) is 0 Å². The number of hydrogen-bond acceptors (Lipinski definition) is 2. The molecule has 0 spiro atoms. The zero-order valence-electron chi connectivity index (χ0n) is 10.4. The average Bonchev–Trinajstić information content (AvgIpc) is 2.39. The van der Waals surface area contributed by atoms with E-state index in [1.807, 2.05) is 6.92 Å². The van der Waals surface area contributed by atoms with E-state index in [4.69, 9.17) is 16.7 Å². The molecular formula is C14H9ClFNO3. The molecule has 102 valence electrons. The van der Waals surface area contributed by atoms with Crippen molar-refractivity contribution in [1.29, 1.82) is 0 Å². The van der Waals surface area contributed by atoms with Crippen LogP contribution < -0.4 is 5.43 Å². The summed E-state index contributed by atoms with van der Waals surface area (Å²) in [6.07, 6.45) is 4.69. The zero-order chi connectivity index (χ0) is 14.6. The van der Waals surface area contributed by atoms with E-state index in [1.165, 1.54) is 6.20 Å². The maximum Gasteiger partial charge on any atom is 0.341 e. The fraction of sp³-hybridized carbons (Fsp3) is 0.143. The fourth-order valence-electron chi connectivity index (χ4n) is 2.45. The van der Waals surface area contributed by atoms with Gasteiger partial charge in [0, 0.05) is 17.8 Å². The van der Waals surface area contributed by atoms with E-state index in [2.05, 4.69) is 0 Å². The fourth-order valence-corrected chi connectivity index (χ4v) is 2.66. The van der Waals surface area contributed by atoms with Gasteiger partial charge in [-0.2, -0.15) is 0 Å². The lowest BCUT2D eigenvalue weighted by Gasteiger charge is -2.22. The molecule has 1 unspecified atom stereocenters. The third-order valence-corrected chi connectivity index (χ3v) is 3.84. The Hall–Kier alpha value is -2.14. The summed E-state index contributed by atoms with van der Waals surface area (Å²) >= 11 is 5.92. The number of pyridine rings is 1. The van der Waals surface area contributed by atoms with Gasteiger partial charge in [-0.1, -0.05) is 23.8 Å². The van der Waals surface area contributed by atoms with Gasteiger partial charge >= 0.3 is 5.97 Å². The molecule has 1 aromatic carbocycles. The molecule has 0 saturated heterocycles. The molecular weight excluding hydrogens is 285 g/mol. The lowest BCUT2D eigenvalue weighted by molar-refractivity contribution is 0.0695. The smallest absolute Gasteiger partial charge is 0.341 e. The number of carbonyl (C=O) groups is 1. The number of allylic oxidation sites excluding steroid dienone is 1. The predicted molar refractivity (Wildman–Crippen MR) is 73.9 cm³/mol. The number of nitrogens with zero attached hydrogens (tertiary/aromatic N) is 1. The van der Waals surface area contributed by atoms with Crippen LogP contribution in [0.25, 0.3) is 17.0 Å². The van der Waals surface area contributed by atoms with Crippen LogP contribution in [0.2, 0.25) is 5.02 Å². The quantitative estimate of drug-likeness (QED) is 0.879. The Balaban J connectivity index is 2.60. The van der Waals surface area contributed by atoms with Crippen molar-refractivity contribution >= 4 is 34.5 Å². The molecule has 3 rings (SSSR count). The summed E-state index contributed by atoms with van der Waals surface area (Å²) in [7, 11) is 0. The molecule has 1 aliphatic heterocycles. The van der Waals surface area contributed by atoms with Gasteiger partial charge in [-0.15, -0.1) is 0 Å². The van der Waals surface area contributed by atoms with Crippen molar-refractivity contribution in [2.75, 3.05) is 0 Å². The van der Waals surface area contributed by atoms with Gasteiger partial charge in [0.2, 0.25) is 5.43 Å². The highest BCUT2D eigenvalue weighted by Gasteiger charge is 2.23. The molecule has 0 bridgehead atoms. The molecule has 2 aromatic rings. The van der Waals surface area contributed by atoms with E-state index in [-0.39, 0.29) is 22.0 Å². The SMILES string of the molecule is CC1C=Cc2c(Cl)c(F)cc3c(=O)c(C(=O)O)cn1c23. The Bertz CT molecular complexity index is 854. The highest BCUT2D eigenvalue weighted by Crippen LogP contribution is 2.34. The second-order valence-electron chi connectivity index (χ2n) is 4.67. The Morgan fingerprint density at radius 1 is 1.50 bits per heavy atom. The number of aromatic nitrogens is 1. The van der Waals surface area contributed by atoms with E-state index < -0.39 is 17.2 Å². The minimum absolute atomic E-state index is 0.0259. The Labute approximate surface area is 117 Å². The number of halogens is 2. The average molecular weight is 294 g/mol. The van der Waals surface area contributed by atoms with Crippen LogP contribution >= 0.6 is 11.6 Å². The monoisotopic (exact) mass is 293 g/mol. The van der Waals surface area contributed by atoms with Crippen LogP contribution in [-0.4, -0.2) is 15.6 Å². The number of rotatable bonds is 1. The van der Waals surface area contributed by atoms with E-state index in [1.54, 1.807) is 16.7 Å². The second-order valence-corrected chi connectivity index (χ2v) is 5.04. The molecule has 0 radical (unpaired) electrons. The number of hydrogen-bond donors (Lipinski definition) is 1. The van der Waals surface area contributed by atoms with Crippen molar-refractivity contribution in [2.45, 2.75) is 13.0 Å². The molecule has 0 amide bonds. The molecule has 1 atom stereocenters. The Morgan fingerprint density at radius 3 is 2.85 bits per heavy atom. The number of carboxylic acid groups (broad SMARTS) is 1. The van der Waals surface area contributed by atoms with E-state index in [9.17, 15) is 14.0 Å². The van der Waals surface area contributed by atoms with E-state index in [0.717, 1.165) is 6.07 Å². The van der Waals surface area contributed by atoms with Gasteiger partial charge < -0.3 is 9.67 Å². The Kier molecular flexibility index (Phi) is 2.69. The third-order valence-electron chi connectivity index (χ3n) is 3.45. The third kappa shape index (κ3) is 1.59. The molecule has 0 saturated carbocycles. The first-order valence-corrected chi connectivity index (χ1v) is 6.28. The van der Waals surface area contributed by atoms with Crippen molar-refractivity contribution in [1.82, 2.24) is 4.57 Å². The van der Waals surface area contributed by atoms with Crippen LogP contribution in [0.4, 0.5) is 4.39 Å². The minimum Gasteiger partial charge on any atom is -0.477 e. The molecule has 4 nitrogen and oxygen atoms in total. The van der Waals surface area contributed by atoms with Gasteiger partial charge in [0.05, 0.1) is 15.9 Å². The molecule has 0 fully saturated rings. The van der Waals surface area contributed by atoms with Crippen LogP contribution in [-0.2, 0) is 0 Å². The summed E-state index contributed by atoms with van der Waals surface area (Å²) in [5.41, 5.74) is -0.231. The molecule has 2 heterocycles. The summed E-state index contributed by atoms with van der Waals surface area (Å²) in [6.45, 7) is 1.84. The van der Waals surface area contributed by atoms with Gasteiger partial charge in [-0.25, -0.2) is 9.18 Å². The van der Waals surface area contributed by atoms with Crippen LogP contribution in [0.5, 0.6) is 0 Å². The number of carboxylic acids is 1. The Morgan fingerprint density at radius 2 is 2.20 bits per heavy atom. The van der Waals surface area contributed by atoms with Gasteiger partial charge in [0.25, 0.3) is 0 Å². The summed E-state index contributed by atoms with van der Waals surface area (Å²) in [6, 6.07) is 0.850. The number of aromatic carboxylic acids is 1. The van der Waals surface area contributed by atoms with Gasteiger partial charge in [-0.05, 0) is 13.0 Å². The molecule has 1 aliphatic rings. The van der Waals surface area contributed by atoms with Gasteiger partial charge in [0.15, 0.2) is 0 Å². The lowest BCUT2D eigenvalue weighted by Crippen LogP contribution is -2.22. The van der Waals surface area contributed by atoms with Crippen LogP contribution in [0.15, 0.2) is 23.1 Å².